The molecule has 16 heavy (non-hydrogen) atoms. The van der Waals surface area contributed by atoms with Gasteiger partial charge in [-0.1, -0.05) is 44.5 Å². The fourth-order valence-electron chi connectivity index (χ4n) is 2.38. The van der Waals surface area contributed by atoms with Crippen LogP contribution in [-0.4, -0.2) is 12.6 Å². The van der Waals surface area contributed by atoms with Crippen molar-refractivity contribution in [1.82, 2.24) is 5.32 Å². The van der Waals surface area contributed by atoms with Gasteiger partial charge in [-0.05, 0) is 42.9 Å². The lowest BCUT2D eigenvalue weighted by Gasteiger charge is -2.26. The highest BCUT2D eigenvalue weighted by Gasteiger charge is 2.17. The van der Waals surface area contributed by atoms with Crippen molar-refractivity contribution < 1.29 is 0 Å². The summed E-state index contributed by atoms with van der Waals surface area (Å²) in [6.45, 7) is 5.76. The SMILES string of the molecule is CCC(C)CNC1CCc2ccccc2C1. The number of hydrogen-bond donors (Lipinski definition) is 1. The number of nitrogens with one attached hydrogen (secondary N) is 1. The monoisotopic (exact) mass is 217 g/mol. The molecule has 0 aromatic heterocycles. The fourth-order valence-corrected chi connectivity index (χ4v) is 2.38. The standard InChI is InChI=1S/C15H23N/c1-3-12(2)11-16-15-9-8-13-6-4-5-7-14(13)10-15/h4-7,12,15-16H,3,8-11H2,1-2H3. The summed E-state index contributed by atoms with van der Waals surface area (Å²) in [7, 11) is 0. The molecular weight excluding hydrogens is 194 g/mol. The minimum atomic E-state index is 0.698. The predicted octanol–water partition coefficient (Wildman–Crippen LogP) is 3.18. The zero-order chi connectivity index (χ0) is 11.4. The quantitative estimate of drug-likeness (QED) is 0.817. The van der Waals surface area contributed by atoms with E-state index in [4.69, 9.17) is 0 Å². The van der Waals surface area contributed by atoms with E-state index in [-0.39, 0.29) is 0 Å². The van der Waals surface area contributed by atoms with Crippen LogP contribution in [0.2, 0.25) is 0 Å². The highest BCUT2D eigenvalue weighted by atomic mass is 14.9. The van der Waals surface area contributed by atoms with Crippen LogP contribution in [0.5, 0.6) is 0 Å². The molecule has 1 nitrogen and oxygen atoms in total. The first-order valence-electron chi connectivity index (χ1n) is 6.59. The molecule has 0 spiro atoms. The molecular formula is C15H23N. The van der Waals surface area contributed by atoms with Crippen molar-refractivity contribution in [2.24, 2.45) is 5.92 Å². The van der Waals surface area contributed by atoms with Crippen molar-refractivity contribution in [1.29, 1.82) is 0 Å². The lowest BCUT2D eigenvalue weighted by atomic mass is 9.88. The van der Waals surface area contributed by atoms with Gasteiger partial charge in [0, 0.05) is 6.04 Å². The van der Waals surface area contributed by atoms with E-state index in [1.54, 1.807) is 11.1 Å². The first kappa shape index (κ1) is 11.7. The van der Waals surface area contributed by atoms with E-state index in [1.165, 1.54) is 32.2 Å². The van der Waals surface area contributed by atoms with Crippen molar-refractivity contribution in [2.45, 2.75) is 45.6 Å². The number of hydrogen-bond acceptors (Lipinski definition) is 1. The summed E-state index contributed by atoms with van der Waals surface area (Å²) < 4.78 is 0. The molecule has 0 saturated carbocycles. The van der Waals surface area contributed by atoms with E-state index >= 15 is 0 Å². The second kappa shape index (κ2) is 5.49. The number of fused-ring (bicyclic) bond motifs is 1. The van der Waals surface area contributed by atoms with Crippen molar-refractivity contribution in [2.75, 3.05) is 6.54 Å². The van der Waals surface area contributed by atoms with Crippen molar-refractivity contribution >= 4 is 0 Å². The zero-order valence-corrected chi connectivity index (χ0v) is 10.5. The van der Waals surface area contributed by atoms with Gasteiger partial charge >= 0.3 is 0 Å². The largest absolute Gasteiger partial charge is 0.313 e. The van der Waals surface area contributed by atoms with Gasteiger partial charge in [0.15, 0.2) is 0 Å². The molecule has 1 aliphatic rings. The van der Waals surface area contributed by atoms with Gasteiger partial charge < -0.3 is 5.32 Å². The summed E-state index contributed by atoms with van der Waals surface area (Å²) in [6, 6.07) is 9.58. The third-order valence-corrected chi connectivity index (χ3v) is 3.80. The molecule has 0 radical (unpaired) electrons. The van der Waals surface area contributed by atoms with E-state index in [9.17, 15) is 0 Å². The molecule has 2 atom stereocenters. The molecule has 0 fully saturated rings. The van der Waals surface area contributed by atoms with Gasteiger partial charge in [-0.25, -0.2) is 0 Å². The Morgan fingerprint density at radius 2 is 2.06 bits per heavy atom. The maximum Gasteiger partial charge on any atom is 0.0111 e. The van der Waals surface area contributed by atoms with Crippen LogP contribution < -0.4 is 5.32 Å². The van der Waals surface area contributed by atoms with Crippen molar-refractivity contribution in [3.05, 3.63) is 35.4 Å². The zero-order valence-electron chi connectivity index (χ0n) is 10.5. The molecule has 0 saturated heterocycles. The van der Waals surface area contributed by atoms with Crippen LogP contribution in [0.4, 0.5) is 0 Å². The first-order chi connectivity index (χ1) is 7.79. The minimum absolute atomic E-state index is 0.698. The topological polar surface area (TPSA) is 12.0 Å². The molecule has 0 heterocycles. The van der Waals surface area contributed by atoms with Crippen LogP contribution in [0.3, 0.4) is 0 Å². The van der Waals surface area contributed by atoms with Crippen molar-refractivity contribution in [3.8, 4) is 0 Å². The van der Waals surface area contributed by atoms with Crippen LogP contribution in [0.15, 0.2) is 24.3 Å². The van der Waals surface area contributed by atoms with Crippen LogP contribution >= 0.6 is 0 Å². The highest BCUT2D eigenvalue weighted by Crippen LogP contribution is 2.21. The molecule has 0 aliphatic heterocycles. The number of aryl methyl sites for hydroxylation is 1. The molecule has 0 bridgehead atoms. The molecule has 2 rings (SSSR count). The summed E-state index contributed by atoms with van der Waals surface area (Å²) in [5.41, 5.74) is 3.11. The maximum atomic E-state index is 3.71. The molecule has 0 amide bonds. The van der Waals surface area contributed by atoms with E-state index in [2.05, 4.69) is 43.4 Å². The van der Waals surface area contributed by atoms with Gasteiger partial charge in [0.05, 0.1) is 0 Å². The van der Waals surface area contributed by atoms with E-state index in [0.29, 0.717) is 6.04 Å². The van der Waals surface area contributed by atoms with E-state index in [0.717, 1.165) is 5.92 Å². The summed E-state index contributed by atoms with van der Waals surface area (Å²) >= 11 is 0. The second-order valence-electron chi connectivity index (χ2n) is 5.13. The van der Waals surface area contributed by atoms with E-state index < -0.39 is 0 Å². The van der Waals surface area contributed by atoms with E-state index in [1.807, 2.05) is 0 Å². The Labute approximate surface area is 99.3 Å². The van der Waals surface area contributed by atoms with Crippen LogP contribution in [0.1, 0.15) is 37.8 Å². The molecule has 1 aromatic carbocycles. The number of rotatable bonds is 4. The third kappa shape index (κ3) is 2.85. The Bertz CT molecular complexity index is 332. The number of benzene rings is 1. The van der Waals surface area contributed by atoms with Crippen LogP contribution in [-0.2, 0) is 12.8 Å². The Hall–Kier alpha value is -0.820. The Kier molecular flexibility index (Phi) is 4.00. The van der Waals surface area contributed by atoms with Crippen LogP contribution in [0, 0.1) is 5.92 Å². The summed E-state index contributed by atoms with van der Waals surface area (Å²) in [5.74, 6) is 0.803. The maximum absolute atomic E-state index is 3.71. The molecule has 88 valence electrons. The first-order valence-corrected chi connectivity index (χ1v) is 6.59. The van der Waals surface area contributed by atoms with Gasteiger partial charge in [-0.3, -0.25) is 0 Å². The average Bonchev–Trinajstić information content (AvgIpc) is 2.35. The third-order valence-electron chi connectivity index (χ3n) is 3.80. The Morgan fingerprint density at radius 1 is 1.31 bits per heavy atom. The Balaban J connectivity index is 1.88. The van der Waals surface area contributed by atoms with Gasteiger partial charge in [-0.15, -0.1) is 0 Å². The predicted molar refractivity (Wildman–Crippen MR) is 69.7 cm³/mol. The van der Waals surface area contributed by atoms with Crippen molar-refractivity contribution in [3.63, 3.8) is 0 Å². The van der Waals surface area contributed by atoms with Gasteiger partial charge in [0.1, 0.15) is 0 Å². The highest BCUT2D eigenvalue weighted by molar-refractivity contribution is 5.30. The second-order valence-corrected chi connectivity index (χ2v) is 5.13. The van der Waals surface area contributed by atoms with Gasteiger partial charge in [0.25, 0.3) is 0 Å². The summed E-state index contributed by atoms with van der Waals surface area (Å²) in [5, 5.41) is 3.71. The van der Waals surface area contributed by atoms with Crippen LogP contribution in [0.25, 0.3) is 0 Å². The van der Waals surface area contributed by atoms with Gasteiger partial charge in [0.2, 0.25) is 0 Å². The summed E-state index contributed by atoms with van der Waals surface area (Å²) in [4.78, 5) is 0. The smallest absolute Gasteiger partial charge is 0.0111 e. The molecule has 1 aromatic rings. The summed E-state index contributed by atoms with van der Waals surface area (Å²) in [6.07, 6.45) is 5.03. The van der Waals surface area contributed by atoms with Gasteiger partial charge in [-0.2, -0.15) is 0 Å². The Morgan fingerprint density at radius 3 is 2.81 bits per heavy atom. The lowest BCUT2D eigenvalue weighted by molar-refractivity contribution is 0.407. The average molecular weight is 217 g/mol. The normalized spacial score (nSPS) is 21.5. The fraction of sp³-hybridized carbons (Fsp3) is 0.600. The molecule has 1 aliphatic carbocycles. The lowest BCUT2D eigenvalue weighted by Crippen LogP contribution is -2.37. The molecule has 1 N–H and O–H groups in total. The molecule has 1 heteroatoms. The molecule has 2 unspecified atom stereocenters. The minimum Gasteiger partial charge on any atom is -0.313 e.